The largest absolute Gasteiger partial charge is 0.495 e. The van der Waals surface area contributed by atoms with Crippen LogP contribution in [0.25, 0.3) is 0 Å². The molecule has 0 saturated heterocycles. The molecule has 1 saturated carbocycles. The van der Waals surface area contributed by atoms with Crippen molar-refractivity contribution in [2.24, 2.45) is 0 Å². The van der Waals surface area contributed by atoms with E-state index >= 15 is 0 Å². The number of hydrogen-bond acceptors (Lipinski definition) is 2. The number of fused-ring (bicyclic) bond motifs is 1. The SMILES string of the molecule is COc1c(Br)cc2c(c1C1(C(=O)O)CCCCC1)CCCC2. The maximum Gasteiger partial charge on any atom is 0.314 e. The summed E-state index contributed by atoms with van der Waals surface area (Å²) in [5.41, 5.74) is 2.75. The average Bonchev–Trinajstić information content (AvgIpc) is 2.54. The normalized spacial score (nSPS) is 20.3. The van der Waals surface area contributed by atoms with Gasteiger partial charge in [-0.05, 0) is 71.6 Å². The standard InChI is InChI=1S/C18H23BrO3/c1-22-16-14(19)11-12-7-3-4-8-13(12)15(16)18(17(20)21)9-5-2-6-10-18/h11H,2-10H2,1H3,(H,20,21). The summed E-state index contributed by atoms with van der Waals surface area (Å²) in [5.74, 6) is 0.0568. The molecule has 0 aliphatic heterocycles. The molecule has 1 N–H and O–H groups in total. The molecule has 1 aromatic carbocycles. The smallest absolute Gasteiger partial charge is 0.314 e. The van der Waals surface area contributed by atoms with Gasteiger partial charge in [0, 0.05) is 5.56 Å². The van der Waals surface area contributed by atoms with Crippen molar-refractivity contribution in [2.45, 2.75) is 63.2 Å². The first-order valence-corrected chi connectivity index (χ1v) is 9.01. The van der Waals surface area contributed by atoms with Gasteiger partial charge in [0.1, 0.15) is 5.75 Å². The lowest BCUT2D eigenvalue weighted by molar-refractivity contribution is -0.145. The van der Waals surface area contributed by atoms with Crippen LogP contribution in [0.1, 0.15) is 61.6 Å². The Balaban J connectivity index is 2.26. The Bertz CT molecular complexity index is 588. The van der Waals surface area contributed by atoms with Gasteiger partial charge >= 0.3 is 5.97 Å². The monoisotopic (exact) mass is 366 g/mol. The average molecular weight is 367 g/mol. The van der Waals surface area contributed by atoms with Gasteiger partial charge < -0.3 is 9.84 Å². The quantitative estimate of drug-likeness (QED) is 0.848. The van der Waals surface area contributed by atoms with Crippen LogP contribution in [-0.2, 0) is 23.1 Å². The Morgan fingerprint density at radius 3 is 2.50 bits per heavy atom. The van der Waals surface area contributed by atoms with E-state index in [1.54, 1.807) is 7.11 Å². The molecule has 0 bridgehead atoms. The Labute approximate surface area is 140 Å². The Kier molecular flexibility index (Phi) is 4.49. The van der Waals surface area contributed by atoms with E-state index in [1.165, 1.54) is 17.5 Å². The molecular formula is C18H23BrO3. The fraction of sp³-hybridized carbons (Fsp3) is 0.611. The Morgan fingerprint density at radius 2 is 1.86 bits per heavy atom. The number of aliphatic carboxylic acids is 1. The number of carboxylic acid groups (broad SMARTS) is 1. The van der Waals surface area contributed by atoms with Crippen molar-refractivity contribution in [3.05, 3.63) is 27.2 Å². The van der Waals surface area contributed by atoms with Gasteiger partial charge in [0.15, 0.2) is 0 Å². The lowest BCUT2D eigenvalue weighted by Crippen LogP contribution is -2.39. The van der Waals surface area contributed by atoms with E-state index in [0.29, 0.717) is 0 Å². The number of benzene rings is 1. The number of ether oxygens (including phenoxy) is 1. The van der Waals surface area contributed by atoms with Crippen LogP contribution in [0.3, 0.4) is 0 Å². The number of halogens is 1. The van der Waals surface area contributed by atoms with Crippen molar-refractivity contribution in [3.63, 3.8) is 0 Å². The van der Waals surface area contributed by atoms with E-state index < -0.39 is 11.4 Å². The fourth-order valence-electron chi connectivity index (χ4n) is 4.28. The molecule has 0 amide bonds. The maximum absolute atomic E-state index is 12.3. The molecule has 4 heteroatoms. The molecule has 0 atom stereocenters. The molecule has 0 aromatic heterocycles. The van der Waals surface area contributed by atoms with Crippen molar-refractivity contribution in [2.75, 3.05) is 7.11 Å². The summed E-state index contributed by atoms with van der Waals surface area (Å²) in [6.45, 7) is 0. The van der Waals surface area contributed by atoms with Crippen molar-refractivity contribution < 1.29 is 14.6 Å². The molecule has 2 aliphatic rings. The summed E-state index contributed by atoms with van der Waals surface area (Å²) < 4.78 is 6.56. The number of methoxy groups -OCH3 is 1. The highest BCUT2D eigenvalue weighted by molar-refractivity contribution is 9.10. The fourth-order valence-corrected chi connectivity index (χ4v) is 4.92. The van der Waals surface area contributed by atoms with Crippen LogP contribution in [0.5, 0.6) is 5.75 Å². The zero-order valence-corrected chi connectivity index (χ0v) is 14.7. The third kappa shape index (κ3) is 2.45. The van der Waals surface area contributed by atoms with Crippen molar-refractivity contribution in [3.8, 4) is 5.75 Å². The number of rotatable bonds is 3. The highest BCUT2D eigenvalue weighted by Gasteiger charge is 2.45. The minimum atomic E-state index is -0.769. The Hall–Kier alpha value is -1.03. The molecular weight excluding hydrogens is 344 g/mol. The molecule has 1 aromatic rings. The van der Waals surface area contributed by atoms with Gasteiger partial charge in [0.2, 0.25) is 0 Å². The second-order valence-electron chi connectivity index (χ2n) is 6.56. The predicted octanol–water partition coefficient (Wildman–Crippen LogP) is 4.62. The molecule has 0 heterocycles. The third-order valence-corrected chi connectivity index (χ3v) is 5.95. The van der Waals surface area contributed by atoms with Gasteiger partial charge in [-0.2, -0.15) is 0 Å². The Morgan fingerprint density at radius 1 is 1.18 bits per heavy atom. The number of carboxylic acids is 1. The first-order valence-electron chi connectivity index (χ1n) is 8.22. The second kappa shape index (κ2) is 6.23. The maximum atomic E-state index is 12.3. The van der Waals surface area contributed by atoms with Gasteiger partial charge in [-0.3, -0.25) is 4.79 Å². The van der Waals surface area contributed by atoms with E-state index in [4.69, 9.17) is 4.74 Å². The minimum Gasteiger partial charge on any atom is -0.495 e. The van der Waals surface area contributed by atoms with Crippen LogP contribution in [0, 0.1) is 0 Å². The van der Waals surface area contributed by atoms with Crippen LogP contribution in [0.4, 0.5) is 0 Å². The van der Waals surface area contributed by atoms with Crippen LogP contribution < -0.4 is 4.74 Å². The summed E-state index contributed by atoms with van der Waals surface area (Å²) in [6.07, 6.45) is 8.89. The highest BCUT2D eigenvalue weighted by atomic mass is 79.9. The molecule has 0 unspecified atom stereocenters. The number of aryl methyl sites for hydroxylation is 1. The first-order chi connectivity index (χ1) is 10.6. The summed E-state index contributed by atoms with van der Waals surface area (Å²) in [4.78, 5) is 12.3. The van der Waals surface area contributed by atoms with E-state index in [0.717, 1.165) is 67.2 Å². The zero-order chi connectivity index (χ0) is 15.7. The summed E-state index contributed by atoms with van der Waals surface area (Å²) in [6, 6.07) is 2.13. The molecule has 3 rings (SSSR count). The molecule has 2 aliphatic carbocycles. The van der Waals surface area contributed by atoms with Gasteiger partial charge in [-0.15, -0.1) is 0 Å². The van der Waals surface area contributed by atoms with Gasteiger partial charge in [0.25, 0.3) is 0 Å². The van der Waals surface area contributed by atoms with E-state index in [-0.39, 0.29) is 0 Å². The van der Waals surface area contributed by atoms with Crippen molar-refractivity contribution in [1.29, 1.82) is 0 Å². The van der Waals surface area contributed by atoms with Crippen LogP contribution in [0.2, 0.25) is 0 Å². The van der Waals surface area contributed by atoms with Gasteiger partial charge in [-0.25, -0.2) is 0 Å². The van der Waals surface area contributed by atoms with Gasteiger partial charge in [-0.1, -0.05) is 19.3 Å². The molecule has 1 fully saturated rings. The lowest BCUT2D eigenvalue weighted by Gasteiger charge is -2.38. The predicted molar refractivity (Wildman–Crippen MR) is 89.7 cm³/mol. The van der Waals surface area contributed by atoms with Crippen molar-refractivity contribution >= 4 is 21.9 Å². The topological polar surface area (TPSA) is 46.5 Å². The molecule has 22 heavy (non-hydrogen) atoms. The van der Waals surface area contributed by atoms with Gasteiger partial charge in [0.05, 0.1) is 17.0 Å². The van der Waals surface area contributed by atoms with E-state index in [2.05, 4.69) is 22.0 Å². The van der Waals surface area contributed by atoms with Crippen molar-refractivity contribution in [1.82, 2.24) is 0 Å². The van der Waals surface area contributed by atoms with Crippen LogP contribution in [-0.4, -0.2) is 18.2 Å². The van der Waals surface area contributed by atoms with Crippen LogP contribution in [0.15, 0.2) is 10.5 Å². The molecule has 120 valence electrons. The summed E-state index contributed by atoms with van der Waals surface area (Å²) in [5, 5.41) is 10.1. The highest BCUT2D eigenvalue weighted by Crippen LogP contribution is 2.49. The summed E-state index contributed by atoms with van der Waals surface area (Å²) in [7, 11) is 1.65. The van der Waals surface area contributed by atoms with Crippen LogP contribution >= 0.6 is 15.9 Å². The molecule has 0 radical (unpaired) electrons. The second-order valence-corrected chi connectivity index (χ2v) is 7.41. The third-order valence-electron chi connectivity index (χ3n) is 5.36. The summed E-state index contributed by atoms with van der Waals surface area (Å²) >= 11 is 3.61. The first kappa shape index (κ1) is 15.9. The number of hydrogen-bond donors (Lipinski definition) is 1. The van der Waals surface area contributed by atoms with E-state index in [9.17, 15) is 9.90 Å². The minimum absolute atomic E-state index is 0.684. The lowest BCUT2D eigenvalue weighted by atomic mass is 9.66. The number of carbonyl (C=O) groups is 1. The zero-order valence-electron chi connectivity index (χ0n) is 13.1. The molecule has 0 spiro atoms. The molecule has 3 nitrogen and oxygen atoms in total. The van der Waals surface area contributed by atoms with E-state index in [1.807, 2.05) is 0 Å².